The molecule has 78 valence electrons. The standard InChI is InChI=1S/C11H11NO3/c1-12-9-5-3-2-4-7(9)8(11(14)15)6-10(12)13/h2-5,8H,6H2,1H3,(H,14,15)/t8-/m0/s1. The molecule has 0 aromatic heterocycles. The normalized spacial score (nSPS) is 19.9. The monoisotopic (exact) mass is 205 g/mol. The highest BCUT2D eigenvalue weighted by Crippen LogP contribution is 2.34. The first-order valence-corrected chi connectivity index (χ1v) is 4.69. The lowest BCUT2D eigenvalue weighted by atomic mass is 9.90. The summed E-state index contributed by atoms with van der Waals surface area (Å²) >= 11 is 0. The van der Waals surface area contributed by atoms with Crippen molar-refractivity contribution in [2.75, 3.05) is 11.9 Å². The molecule has 1 heterocycles. The minimum absolute atomic E-state index is 0.0445. The molecule has 0 saturated carbocycles. The van der Waals surface area contributed by atoms with Gasteiger partial charge in [-0.25, -0.2) is 0 Å². The van der Waals surface area contributed by atoms with E-state index in [0.717, 1.165) is 0 Å². The van der Waals surface area contributed by atoms with Crippen LogP contribution >= 0.6 is 0 Å². The summed E-state index contributed by atoms with van der Waals surface area (Å²) in [6.07, 6.45) is 0.0445. The highest BCUT2D eigenvalue weighted by atomic mass is 16.4. The molecule has 1 aliphatic heterocycles. The molecule has 0 saturated heterocycles. The number of nitrogens with zero attached hydrogens (tertiary/aromatic N) is 1. The van der Waals surface area contributed by atoms with Gasteiger partial charge in [-0.1, -0.05) is 18.2 Å². The van der Waals surface area contributed by atoms with E-state index in [4.69, 9.17) is 5.11 Å². The maximum atomic E-state index is 11.5. The summed E-state index contributed by atoms with van der Waals surface area (Å²) in [5, 5.41) is 9.02. The largest absolute Gasteiger partial charge is 0.481 e. The van der Waals surface area contributed by atoms with Crippen molar-refractivity contribution < 1.29 is 14.7 Å². The van der Waals surface area contributed by atoms with E-state index in [1.807, 2.05) is 0 Å². The first-order chi connectivity index (χ1) is 7.11. The van der Waals surface area contributed by atoms with E-state index >= 15 is 0 Å². The third-order valence-electron chi connectivity index (χ3n) is 2.72. The number of carboxylic acids is 1. The van der Waals surface area contributed by atoms with E-state index in [-0.39, 0.29) is 12.3 Å². The minimum atomic E-state index is -0.941. The van der Waals surface area contributed by atoms with Crippen LogP contribution in [0.1, 0.15) is 17.9 Å². The van der Waals surface area contributed by atoms with E-state index in [2.05, 4.69) is 0 Å². The van der Waals surface area contributed by atoms with Crippen LogP contribution in [0, 0.1) is 0 Å². The molecule has 4 nitrogen and oxygen atoms in total. The van der Waals surface area contributed by atoms with Crippen molar-refractivity contribution in [2.45, 2.75) is 12.3 Å². The van der Waals surface area contributed by atoms with Crippen molar-refractivity contribution in [1.82, 2.24) is 0 Å². The number of rotatable bonds is 1. The van der Waals surface area contributed by atoms with Crippen LogP contribution in [0.3, 0.4) is 0 Å². The third-order valence-corrected chi connectivity index (χ3v) is 2.72. The number of anilines is 1. The van der Waals surface area contributed by atoms with Crippen LogP contribution in [0.15, 0.2) is 24.3 Å². The fourth-order valence-corrected chi connectivity index (χ4v) is 1.86. The second-order valence-electron chi connectivity index (χ2n) is 3.61. The number of carbonyl (C=O) groups is 2. The lowest BCUT2D eigenvalue weighted by Gasteiger charge is -2.29. The Bertz CT molecular complexity index is 428. The number of carbonyl (C=O) groups excluding carboxylic acids is 1. The molecule has 1 amide bonds. The van der Waals surface area contributed by atoms with Crippen molar-refractivity contribution in [3.8, 4) is 0 Å². The molecule has 1 N–H and O–H groups in total. The number of aliphatic carboxylic acids is 1. The topological polar surface area (TPSA) is 57.6 Å². The molecule has 2 rings (SSSR count). The highest BCUT2D eigenvalue weighted by molar-refractivity contribution is 6.01. The van der Waals surface area contributed by atoms with Gasteiger partial charge in [0.1, 0.15) is 0 Å². The Hall–Kier alpha value is -1.84. The average Bonchev–Trinajstić information content (AvgIpc) is 2.23. The van der Waals surface area contributed by atoms with Crippen molar-refractivity contribution in [2.24, 2.45) is 0 Å². The van der Waals surface area contributed by atoms with Gasteiger partial charge < -0.3 is 10.0 Å². The zero-order valence-corrected chi connectivity index (χ0v) is 8.30. The summed E-state index contributed by atoms with van der Waals surface area (Å²) in [5.41, 5.74) is 1.41. The van der Waals surface area contributed by atoms with Gasteiger partial charge >= 0.3 is 5.97 Å². The Kier molecular flexibility index (Phi) is 2.19. The van der Waals surface area contributed by atoms with Gasteiger partial charge in [-0.2, -0.15) is 0 Å². The Labute approximate surface area is 87.1 Å². The van der Waals surface area contributed by atoms with E-state index in [0.29, 0.717) is 11.3 Å². The second-order valence-corrected chi connectivity index (χ2v) is 3.61. The van der Waals surface area contributed by atoms with Gasteiger partial charge in [-0.15, -0.1) is 0 Å². The summed E-state index contributed by atoms with van der Waals surface area (Å²) in [4.78, 5) is 24.0. The molecule has 0 bridgehead atoms. The lowest BCUT2D eigenvalue weighted by Crippen LogP contribution is -2.35. The Morgan fingerprint density at radius 1 is 1.47 bits per heavy atom. The molecule has 0 radical (unpaired) electrons. The van der Waals surface area contributed by atoms with Crippen molar-refractivity contribution >= 4 is 17.6 Å². The molecule has 0 aliphatic carbocycles. The van der Waals surface area contributed by atoms with Gasteiger partial charge in [0.2, 0.25) is 5.91 Å². The van der Waals surface area contributed by atoms with Crippen molar-refractivity contribution in [3.05, 3.63) is 29.8 Å². The molecule has 4 heteroatoms. The van der Waals surface area contributed by atoms with Crippen LogP contribution < -0.4 is 4.90 Å². The minimum Gasteiger partial charge on any atom is -0.481 e. The molecule has 1 aromatic carbocycles. The van der Waals surface area contributed by atoms with Gasteiger partial charge in [0.05, 0.1) is 5.92 Å². The Morgan fingerprint density at radius 3 is 2.80 bits per heavy atom. The lowest BCUT2D eigenvalue weighted by molar-refractivity contribution is -0.140. The summed E-state index contributed by atoms with van der Waals surface area (Å²) in [5.74, 6) is -1.80. The van der Waals surface area contributed by atoms with Crippen molar-refractivity contribution in [3.63, 3.8) is 0 Å². The second kappa shape index (κ2) is 3.38. The van der Waals surface area contributed by atoms with E-state index in [1.165, 1.54) is 4.90 Å². The fourth-order valence-electron chi connectivity index (χ4n) is 1.86. The average molecular weight is 205 g/mol. The number of amides is 1. The predicted molar refractivity (Wildman–Crippen MR) is 54.8 cm³/mol. The molecule has 0 spiro atoms. The highest BCUT2D eigenvalue weighted by Gasteiger charge is 2.33. The molecule has 1 atom stereocenters. The summed E-state index contributed by atoms with van der Waals surface area (Å²) in [7, 11) is 1.67. The number of hydrogen-bond donors (Lipinski definition) is 1. The first-order valence-electron chi connectivity index (χ1n) is 4.69. The van der Waals surface area contributed by atoms with Crippen LogP contribution in [0.2, 0.25) is 0 Å². The quantitative estimate of drug-likeness (QED) is 0.750. The molecular weight excluding hydrogens is 194 g/mol. The van der Waals surface area contributed by atoms with Gasteiger partial charge in [0, 0.05) is 19.2 Å². The number of benzene rings is 1. The number of carboxylic acid groups (broad SMARTS) is 1. The summed E-state index contributed by atoms with van der Waals surface area (Å²) < 4.78 is 0. The van der Waals surface area contributed by atoms with E-state index < -0.39 is 11.9 Å². The van der Waals surface area contributed by atoms with E-state index in [9.17, 15) is 9.59 Å². The molecule has 0 fully saturated rings. The maximum Gasteiger partial charge on any atom is 0.311 e. The van der Waals surface area contributed by atoms with Gasteiger partial charge in [-0.05, 0) is 11.6 Å². The van der Waals surface area contributed by atoms with E-state index in [1.54, 1.807) is 31.3 Å². The third kappa shape index (κ3) is 1.48. The van der Waals surface area contributed by atoms with Gasteiger partial charge in [-0.3, -0.25) is 9.59 Å². The Balaban J connectivity index is 2.54. The van der Waals surface area contributed by atoms with Crippen LogP contribution in [-0.2, 0) is 9.59 Å². The van der Waals surface area contributed by atoms with Crippen LogP contribution in [0.4, 0.5) is 5.69 Å². The van der Waals surface area contributed by atoms with Gasteiger partial charge in [0.15, 0.2) is 0 Å². The summed E-state index contributed by atoms with van der Waals surface area (Å²) in [6, 6.07) is 7.12. The molecule has 1 aliphatic rings. The van der Waals surface area contributed by atoms with Crippen LogP contribution in [0.5, 0.6) is 0 Å². The SMILES string of the molecule is CN1C(=O)C[C@H](C(=O)O)c2ccccc21. The van der Waals surface area contributed by atoms with Crippen LogP contribution in [0.25, 0.3) is 0 Å². The molecule has 0 unspecified atom stereocenters. The smallest absolute Gasteiger partial charge is 0.311 e. The number of para-hydroxylation sites is 1. The Morgan fingerprint density at radius 2 is 2.13 bits per heavy atom. The first kappa shape index (κ1) is 9.71. The fraction of sp³-hybridized carbons (Fsp3) is 0.273. The number of fused-ring (bicyclic) bond motifs is 1. The summed E-state index contributed by atoms with van der Waals surface area (Å²) in [6.45, 7) is 0. The number of hydrogen-bond acceptors (Lipinski definition) is 2. The molecule has 1 aromatic rings. The molecule has 15 heavy (non-hydrogen) atoms. The zero-order valence-electron chi connectivity index (χ0n) is 8.30. The van der Waals surface area contributed by atoms with Crippen LogP contribution in [-0.4, -0.2) is 24.0 Å². The van der Waals surface area contributed by atoms with Gasteiger partial charge in [0.25, 0.3) is 0 Å². The van der Waals surface area contributed by atoms with Crippen molar-refractivity contribution in [1.29, 1.82) is 0 Å². The molecular formula is C11H11NO3. The zero-order chi connectivity index (χ0) is 11.0. The predicted octanol–water partition coefficient (Wildman–Crippen LogP) is 1.22. The maximum absolute atomic E-state index is 11.5.